The van der Waals surface area contributed by atoms with Crippen molar-refractivity contribution in [2.24, 2.45) is 0 Å². The molecule has 0 aliphatic carbocycles. The van der Waals surface area contributed by atoms with Gasteiger partial charge in [0.1, 0.15) is 0 Å². The molecule has 0 aliphatic rings. The quantitative estimate of drug-likeness (QED) is 0.350. The minimum Gasteiger partial charge on any atom is -0.358 e. The summed E-state index contributed by atoms with van der Waals surface area (Å²) in [5.41, 5.74) is 1.86. The van der Waals surface area contributed by atoms with Crippen LogP contribution in [0.25, 0.3) is 5.65 Å². The molecule has 3 aromatic heterocycles. The second-order valence-corrected chi connectivity index (χ2v) is 8.00. The topological polar surface area (TPSA) is 127 Å². The zero-order valence-electron chi connectivity index (χ0n) is 14.9. The van der Waals surface area contributed by atoms with Gasteiger partial charge >= 0.3 is 5.82 Å². The van der Waals surface area contributed by atoms with Gasteiger partial charge in [-0.2, -0.15) is 9.38 Å². The Hall–Kier alpha value is -3.51. The average Bonchev–Trinajstić information content (AvgIpc) is 3.25. The lowest BCUT2D eigenvalue weighted by molar-refractivity contribution is -0.393. The van der Waals surface area contributed by atoms with Crippen molar-refractivity contribution in [2.75, 3.05) is 10.6 Å². The van der Waals surface area contributed by atoms with E-state index in [9.17, 15) is 14.9 Å². The van der Waals surface area contributed by atoms with Gasteiger partial charge in [0.25, 0.3) is 0 Å². The molecule has 0 aliphatic heterocycles. The van der Waals surface area contributed by atoms with Gasteiger partial charge in [-0.15, -0.1) is 10.2 Å². The molecular weight excluding hydrogens is 414 g/mol. The summed E-state index contributed by atoms with van der Waals surface area (Å²) >= 11 is 2.33. The minimum atomic E-state index is -0.462. The molecule has 0 saturated carbocycles. The number of pyridine rings is 1. The Morgan fingerprint density at radius 1 is 1.21 bits per heavy atom. The molecule has 1 aromatic carbocycles. The Balaban J connectivity index is 1.55. The second-order valence-electron chi connectivity index (χ2n) is 5.79. The molecule has 0 saturated heterocycles. The first-order valence-corrected chi connectivity index (χ1v) is 9.90. The van der Waals surface area contributed by atoms with Crippen molar-refractivity contribution in [1.29, 1.82) is 0 Å². The lowest BCUT2D eigenvalue weighted by Crippen LogP contribution is -2.05. The summed E-state index contributed by atoms with van der Waals surface area (Å²) in [7, 11) is 0. The van der Waals surface area contributed by atoms with Crippen LogP contribution in [0.4, 0.5) is 22.3 Å². The number of hydrogen-bond donors (Lipinski definition) is 2. The summed E-state index contributed by atoms with van der Waals surface area (Å²) in [6, 6.07) is 12.3. The van der Waals surface area contributed by atoms with Gasteiger partial charge in [0.15, 0.2) is 4.34 Å². The Morgan fingerprint density at radius 3 is 2.83 bits per heavy atom. The zero-order valence-corrected chi connectivity index (χ0v) is 16.5. The van der Waals surface area contributed by atoms with Crippen molar-refractivity contribution in [3.8, 4) is 0 Å². The first kappa shape index (κ1) is 18.8. The fourth-order valence-corrected chi connectivity index (χ4v) is 4.37. The molecule has 4 rings (SSSR count). The molecule has 0 unspecified atom stereocenters. The normalized spacial score (nSPS) is 10.8. The lowest BCUT2D eigenvalue weighted by Gasteiger charge is -2.05. The van der Waals surface area contributed by atoms with E-state index >= 15 is 0 Å². The van der Waals surface area contributed by atoms with Crippen molar-refractivity contribution < 1.29 is 9.72 Å². The number of nitrogens with one attached hydrogen (secondary N) is 2. The van der Waals surface area contributed by atoms with E-state index in [1.54, 1.807) is 42.6 Å². The highest BCUT2D eigenvalue weighted by Gasteiger charge is 2.24. The fourth-order valence-electron chi connectivity index (χ4n) is 2.58. The number of hydrogen-bond acceptors (Lipinski definition) is 9. The summed E-state index contributed by atoms with van der Waals surface area (Å²) in [4.78, 5) is 26.5. The van der Waals surface area contributed by atoms with E-state index in [4.69, 9.17) is 0 Å². The number of carbonyl (C=O) groups excluding carboxylic acids is 1. The number of benzene rings is 1. The van der Waals surface area contributed by atoms with Crippen molar-refractivity contribution in [3.63, 3.8) is 0 Å². The molecule has 0 radical (unpaired) electrons. The van der Waals surface area contributed by atoms with Crippen molar-refractivity contribution in [1.82, 2.24) is 19.6 Å². The summed E-state index contributed by atoms with van der Waals surface area (Å²) in [5.74, 6) is -0.274. The van der Waals surface area contributed by atoms with E-state index < -0.39 is 4.92 Å². The Labute approximate surface area is 172 Å². The number of rotatable bonds is 6. The van der Waals surface area contributed by atoms with Crippen LogP contribution >= 0.6 is 23.1 Å². The van der Waals surface area contributed by atoms with Crippen molar-refractivity contribution in [2.45, 2.75) is 16.3 Å². The van der Waals surface area contributed by atoms with Crippen molar-refractivity contribution in [3.05, 3.63) is 58.8 Å². The van der Waals surface area contributed by atoms with Gasteiger partial charge in [-0.1, -0.05) is 23.5 Å². The van der Waals surface area contributed by atoms with E-state index in [1.807, 2.05) is 6.07 Å². The van der Waals surface area contributed by atoms with E-state index in [2.05, 4.69) is 25.8 Å². The highest BCUT2D eigenvalue weighted by molar-refractivity contribution is 8.01. The second kappa shape index (κ2) is 7.85. The number of imidazole rings is 1. The minimum absolute atomic E-state index is 0.113. The lowest BCUT2D eigenvalue weighted by atomic mass is 10.3. The standard InChI is InChI=1S/C17H13N7O3S2/c1-10(25)18-11-5-4-6-12(9-11)19-16-21-22-17(29-16)28-14-15(24(26)27)23-8-3-2-7-13(23)20-14/h2-9H,1H3,(H,18,25)(H,19,21). The Morgan fingerprint density at radius 2 is 2.03 bits per heavy atom. The van der Waals surface area contributed by atoms with Crippen LogP contribution in [0.1, 0.15) is 6.92 Å². The molecule has 146 valence electrons. The maximum absolute atomic E-state index is 11.5. The predicted octanol–water partition coefficient (Wildman–Crippen LogP) is 3.95. The van der Waals surface area contributed by atoms with Crippen LogP contribution in [0.15, 0.2) is 58.0 Å². The van der Waals surface area contributed by atoms with E-state index in [-0.39, 0.29) is 16.8 Å². The highest BCUT2D eigenvalue weighted by Crippen LogP contribution is 2.37. The third kappa shape index (κ3) is 4.17. The van der Waals surface area contributed by atoms with Gasteiger partial charge in [0, 0.05) is 24.4 Å². The number of fused-ring (bicyclic) bond motifs is 1. The van der Waals surface area contributed by atoms with E-state index in [0.717, 1.165) is 17.4 Å². The van der Waals surface area contributed by atoms with Gasteiger partial charge < -0.3 is 20.7 Å². The third-order valence-electron chi connectivity index (χ3n) is 3.67. The molecule has 4 aromatic rings. The monoisotopic (exact) mass is 427 g/mol. The van der Waals surface area contributed by atoms with E-state index in [1.165, 1.54) is 22.7 Å². The van der Waals surface area contributed by atoms with Crippen LogP contribution in [-0.2, 0) is 4.79 Å². The summed E-state index contributed by atoms with van der Waals surface area (Å²) in [6.07, 6.45) is 1.60. The highest BCUT2D eigenvalue weighted by atomic mass is 32.2. The molecule has 0 fully saturated rings. The van der Waals surface area contributed by atoms with Gasteiger partial charge in [-0.25, -0.2) is 0 Å². The van der Waals surface area contributed by atoms with Crippen LogP contribution in [-0.4, -0.2) is 30.4 Å². The molecule has 0 atom stereocenters. The Kier molecular flexibility index (Phi) is 5.10. The van der Waals surface area contributed by atoms with Crippen LogP contribution in [0.2, 0.25) is 0 Å². The summed E-state index contributed by atoms with van der Waals surface area (Å²) in [6.45, 7) is 1.44. The van der Waals surface area contributed by atoms with Crippen LogP contribution in [0.3, 0.4) is 0 Å². The number of nitro groups is 1. The maximum Gasteiger partial charge on any atom is 0.362 e. The molecule has 0 spiro atoms. The zero-order chi connectivity index (χ0) is 20.4. The Bertz CT molecular complexity index is 1220. The number of amides is 1. The van der Waals surface area contributed by atoms with Crippen LogP contribution < -0.4 is 10.6 Å². The smallest absolute Gasteiger partial charge is 0.358 e. The molecule has 12 heteroatoms. The molecule has 2 N–H and O–H groups in total. The van der Waals surface area contributed by atoms with Crippen molar-refractivity contribution >= 4 is 57.0 Å². The molecule has 10 nitrogen and oxygen atoms in total. The molecule has 3 heterocycles. The van der Waals surface area contributed by atoms with Crippen LogP contribution in [0, 0.1) is 10.1 Å². The predicted molar refractivity (Wildman–Crippen MR) is 110 cm³/mol. The van der Waals surface area contributed by atoms with Gasteiger partial charge in [-0.3, -0.25) is 4.79 Å². The molecule has 0 bridgehead atoms. The van der Waals surface area contributed by atoms with Gasteiger partial charge in [0.05, 0.1) is 6.20 Å². The van der Waals surface area contributed by atoms with E-state index in [0.29, 0.717) is 20.8 Å². The number of anilines is 3. The summed E-state index contributed by atoms with van der Waals surface area (Å²) < 4.78 is 1.94. The molecular formula is C17H13N7O3S2. The maximum atomic E-state index is 11.5. The van der Waals surface area contributed by atoms with Crippen LogP contribution in [0.5, 0.6) is 0 Å². The third-order valence-corrected chi connectivity index (χ3v) is 5.53. The SMILES string of the molecule is CC(=O)Nc1cccc(Nc2nnc(Sc3nc4ccccn4c3[N+](=O)[O-])s2)c1. The molecule has 29 heavy (non-hydrogen) atoms. The largest absolute Gasteiger partial charge is 0.362 e. The first-order chi connectivity index (χ1) is 14.0. The number of carbonyl (C=O) groups is 1. The molecule has 1 amide bonds. The van der Waals surface area contributed by atoms with Gasteiger partial charge in [0.2, 0.25) is 21.7 Å². The first-order valence-electron chi connectivity index (χ1n) is 8.27. The fraction of sp³-hybridized carbons (Fsp3) is 0.0588. The summed E-state index contributed by atoms with van der Waals surface area (Å²) in [5, 5.41) is 26.2. The number of aromatic nitrogens is 4. The average molecular weight is 427 g/mol. The number of nitrogens with zero attached hydrogens (tertiary/aromatic N) is 5. The van der Waals surface area contributed by atoms with Gasteiger partial charge in [-0.05, 0) is 41.0 Å².